The Kier molecular flexibility index (Phi) is 5.61. The van der Waals surface area contributed by atoms with Crippen LogP contribution >= 0.6 is 0 Å². The van der Waals surface area contributed by atoms with E-state index in [-0.39, 0.29) is 12.4 Å². The molecule has 0 saturated carbocycles. The molecule has 1 saturated heterocycles. The highest BCUT2D eigenvalue weighted by Gasteiger charge is 2.15. The van der Waals surface area contributed by atoms with Crippen LogP contribution in [0, 0.1) is 5.82 Å². The molecule has 1 fully saturated rings. The fraction of sp³-hybridized carbons (Fsp3) is 0.600. The predicted molar refractivity (Wildman–Crippen MR) is 75.9 cm³/mol. The summed E-state index contributed by atoms with van der Waals surface area (Å²) >= 11 is 0. The number of benzene rings is 1. The van der Waals surface area contributed by atoms with Gasteiger partial charge in [0.1, 0.15) is 5.82 Å². The molecule has 0 amide bonds. The summed E-state index contributed by atoms with van der Waals surface area (Å²) in [5.74, 6) is -0.124. The summed E-state index contributed by atoms with van der Waals surface area (Å²) in [5, 5.41) is 12.0. The van der Waals surface area contributed by atoms with Crippen molar-refractivity contribution in [3.63, 3.8) is 0 Å². The van der Waals surface area contributed by atoms with Crippen LogP contribution < -0.4 is 10.2 Å². The molecule has 1 heterocycles. The minimum atomic E-state index is -0.124. The van der Waals surface area contributed by atoms with Crippen LogP contribution in [0.25, 0.3) is 0 Å². The van der Waals surface area contributed by atoms with Crippen molar-refractivity contribution in [1.82, 2.24) is 5.32 Å². The summed E-state index contributed by atoms with van der Waals surface area (Å²) in [6, 6.07) is 5.34. The Bertz CT molecular complexity index is 392. The van der Waals surface area contributed by atoms with Crippen LogP contribution in [0.15, 0.2) is 18.2 Å². The molecule has 0 spiro atoms. The van der Waals surface area contributed by atoms with Crippen LogP contribution in [0.5, 0.6) is 0 Å². The molecule has 19 heavy (non-hydrogen) atoms. The second kappa shape index (κ2) is 7.46. The summed E-state index contributed by atoms with van der Waals surface area (Å²) in [5.41, 5.74) is 1.83. The minimum Gasteiger partial charge on any atom is -0.396 e. The maximum atomic E-state index is 13.9. The van der Waals surface area contributed by atoms with Gasteiger partial charge < -0.3 is 15.3 Å². The van der Waals surface area contributed by atoms with Crippen LogP contribution in [-0.4, -0.2) is 31.3 Å². The highest BCUT2D eigenvalue weighted by Crippen LogP contribution is 2.24. The van der Waals surface area contributed by atoms with Gasteiger partial charge in [-0.3, -0.25) is 0 Å². The highest BCUT2D eigenvalue weighted by atomic mass is 19.1. The molecule has 0 aromatic heterocycles. The largest absolute Gasteiger partial charge is 0.396 e. The monoisotopic (exact) mass is 266 g/mol. The first-order valence-electron chi connectivity index (χ1n) is 7.16. The van der Waals surface area contributed by atoms with Gasteiger partial charge in [0, 0.05) is 26.2 Å². The van der Waals surface area contributed by atoms with Gasteiger partial charge in [-0.1, -0.05) is 6.07 Å². The van der Waals surface area contributed by atoms with Crippen molar-refractivity contribution in [2.75, 3.05) is 31.1 Å². The average molecular weight is 266 g/mol. The summed E-state index contributed by atoms with van der Waals surface area (Å²) in [7, 11) is 0. The molecule has 1 aromatic rings. The van der Waals surface area contributed by atoms with E-state index in [1.54, 1.807) is 6.07 Å². The molecular weight excluding hydrogens is 243 g/mol. The molecule has 106 valence electrons. The van der Waals surface area contributed by atoms with Crippen LogP contribution in [0.2, 0.25) is 0 Å². The molecule has 0 atom stereocenters. The van der Waals surface area contributed by atoms with Crippen molar-refractivity contribution in [2.45, 2.75) is 32.2 Å². The second-order valence-electron chi connectivity index (χ2n) is 5.09. The van der Waals surface area contributed by atoms with E-state index in [1.807, 2.05) is 12.1 Å². The van der Waals surface area contributed by atoms with Gasteiger partial charge in [0.15, 0.2) is 0 Å². The minimum absolute atomic E-state index is 0.124. The zero-order valence-corrected chi connectivity index (χ0v) is 11.4. The maximum Gasteiger partial charge on any atom is 0.146 e. The van der Waals surface area contributed by atoms with E-state index in [2.05, 4.69) is 10.2 Å². The van der Waals surface area contributed by atoms with Crippen molar-refractivity contribution >= 4 is 5.69 Å². The maximum absolute atomic E-state index is 13.9. The van der Waals surface area contributed by atoms with Gasteiger partial charge in [-0.15, -0.1) is 0 Å². The molecule has 2 N–H and O–H groups in total. The standard InChI is InChI=1S/C15H23FN2O/c16-14-6-5-13(12-17-7-4-10-19)11-15(14)18-8-2-1-3-9-18/h5-6,11,17,19H,1-4,7-10,12H2. The summed E-state index contributed by atoms with van der Waals surface area (Å²) in [6.07, 6.45) is 4.30. The lowest BCUT2D eigenvalue weighted by molar-refractivity contribution is 0.286. The van der Waals surface area contributed by atoms with Crippen molar-refractivity contribution in [2.24, 2.45) is 0 Å². The molecule has 1 aliphatic heterocycles. The molecule has 0 radical (unpaired) electrons. The third kappa shape index (κ3) is 4.18. The van der Waals surface area contributed by atoms with Gasteiger partial charge in [-0.05, 0) is 49.9 Å². The zero-order chi connectivity index (χ0) is 13.5. The molecule has 0 bridgehead atoms. The lowest BCUT2D eigenvalue weighted by Crippen LogP contribution is -2.30. The molecule has 2 rings (SSSR count). The van der Waals surface area contributed by atoms with E-state index < -0.39 is 0 Å². The highest BCUT2D eigenvalue weighted by molar-refractivity contribution is 5.50. The van der Waals surface area contributed by atoms with E-state index in [4.69, 9.17) is 5.11 Å². The van der Waals surface area contributed by atoms with Crippen molar-refractivity contribution < 1.29 is 9.50 Å². The third-order valence-electron chi connectivity index (χ3n) is 3.55. The second-order valence-corrected chi connectivity index (χ2v) is 5.09. The van der Waals surface area contributed by atoms with Crippen LogP contribution in [0.3, 0.4) is 0 Å². The lowest BCUT2D eigenvalue weighted by Gasteiger charge is -2.29. The van der Waals surface area contributed by atoms with Gasteiger partial charge in [0.05, 0.1) is 5.69 Å². The molecule has 0 aliphatic carbocycles. The first-order chi connectivity index (χ1) is 9.31. The van der Waals surface area contributed by atoms with E-state index in [0.717, 1.165) is 56.7 Å². The number of anilines is 1. The average Bonchev–Trinajstić information content (AvgIpc) is 2.46. The smallest absolute Gasteiger partial charge is 0.146 e. The fourth-order valence-corrected chi connectivity index (χ4v) is 2.48. The lowest BCUT2D eigenvalue weighted by atomic mass is 10.1. The predicted octanol–water partition coefficient (Wildman–Crippen LogP) is 2.29. The number of aliphatic hydroxyl groups excluding tert-OH is 1. The van der Waals surface area contributed by atoms with Crippen LogP contribution in [-0.2, 0) is 6.54 Å². The number of hydrogen-bond acceptors (Lipinski definition) is 3. The van der Waals surface area contributed by atoms with Gasteiger partial charge >= 0.3 is 0 Å². The topological polar surface area (TPSA) is 35.5 Å². The van der Waals surface area contributed by atoms with E-state index in [0.29, 0.717) is 0 Å². The number of nitrogens with zero attached hydrogens (tertiary/aromatic N) is 1. The van der Waals surface area contributed by atoms with Crippen molar-refractivity contribution in [3.8, 4) is 0 Å². The Morgan fingerprint density at radius 2 is 2.00 bits per heavy atom. The Balaban J connectivity index is 1.97. The number of aliphatic hydroxyl groups is 1. The van der Waals surface area contributed by atoms with Gasteiger partial charge in [-0.25, -0.2) is 4.39 Å². The van der Waals surface area contributed by atoms with E-state index in [9.17, 15) is 4.39 Å². The molecule has 0 unspecified atom stereocenters. The molecule has 4 heteroatoms. The normalized spacial score (nSPS) is 15.8. The Labute approximate surface area is 114 Å². The van der Waals surface area contributed by atoms with Crippen LogP contribution in [0.1, 0.15) is 31.2 Å². The summed E-state index contributed by atoms with van der Waals surface area (Å²) < 4.78 is 13.9. The number of rotatable bonds is 6. The molecule has 3 nitrogen and oxygen atoms in total. The number of hydrogen-bond donors (Lipinski definition) is 2. The first kappa shape index (κ1) is 14.3. The van der Waals surface area contributed by atoms with Crippen molar-refractivity contribution in [1.29, 1.82) is 0 Å². The van der Waals surface area contributed by atoms with Gasteiger partial charge in [0.25, 0.3) is 0 Å². The molecular formula is C15H23FN2O. The molecule has 1 aliphatic rings. The van der Waals surface area contributed by atoms with E-state index in [1.165, 1.54) is 6.42 Å². The molecule has 1 aromatic carbocycles. The number of piperidine rings is 1. The Morgan fingerprint density at radius 1 is 1.21 bits per heavy atom. The van der Waals surface area contributed by atoms with E-state index >= 15 is 0 Å². The number of halogens is 1. The van der Waals surface area contributed by atoms with Crippen LogP contribution in [0.4, 0.5) is 10.1 Å². The Hall–Kier alpha value is -1.13. The third-order valence-corrected chi connectivity index (χ3v) is 3.55. The zero-order valence-electron chi connectivity index (χ0n) is 11.4. The SMILES string of the molecule is OCCCNCc1ccc(F)c(N2CCCCC2)c1. The first-order valence-corrected chi connectivity index (χ1v) is 7.16. The number of nitrogens with one attached hydrogen (secondary N) is 1. The van der Waals surface area contributed by atoms with Gasteiger partial charge in [0.2, 0.25) is 0 Å². The van der Waals surface area contributed by atoms with Gasteiger partial charge in [-0.2, -0.15) is 0 Å². The Morgan fingerprint density at radius 3 is 2.74 bits per heavy atom. The summed E-state index contributed by atoms with van der Waals surface area (Å²) in [4.78, 5) is 2.15. The summed E-state index contributed by atoms with van der Waals surface area (Å²) in [6.45, 7) is 3.63. The quantitative estimate of drug-likeness (QED) is 0.776. The fourth-order valence-electron chi connectivity index (χ4n) is 2.48. The van der Waals surface area contributed by atoms with Crippen molar-refractivity contribution in [3.05, 3.63) is 29.6 Å².